The molecule has 106 valence electrons. The lowest BCUT2D eigenvalue weighted by Gasteiger charge is -2.24. The van der Waals surface area contributed by atoms with E-state index in [0.29, 0.717) is 13.1 Å². The van der Waals surface area contributed by atoms with Crippen LogP contribution >= 0.6 is 0 Å². The van der Waals surface area contributed by atoms with Crippen LogP contribution in [-0.4, -0.2) is 11.5 Å². The van der Waals surface area contributed by atoms with Crippen LogP contribution in [0.15, 0.2) is 30.3 Å². The fourth-order valence-electron chi connectivity index (χ4n) is 2.12. The molecular weight excluding hydrogens is 260 g/mol. The number of nitrogen functional groups attached to an aromatic ring is 1. The second-order valence-electron chi connectivity index (χ2n) is 4.62. The lowest BCUT2D eigenvalue weighted by atomic mass is 10.2. The van der Waals surface area contributed by atoms with Gasteiger partial charge in [-0.05, 0) is 38.1 Å². The highest BCUT2D eigenvalue weighted by Crippen LogP contribution is 2.27. The number of pyridine rings is 1. The van der Waals surface area contributed by atoms with Crippen molar-refractivity contribution in [2.75, 3.05) is 17.2 Å². The minimum atomic E-state index is -0.656. The number of benzene rings is 1. The number of aryl methyl sites for hydroxylation is 1. The van der Waals surface area contributed by atoms with Crippen LogP contribution in [0.3, 0.4) is 0 Å². The molecule has 0 saturated heterocycles. The molecule has 1 aromatic carbocycles. The minimum absolute atomic E-state index is 0.0648. The van der Waals surface area contributed by atoms with Gasteiger partial charge in [-0.2, -0.15) is 0 Å². The smallest absolute Gasteiger partial charge is 0.151 e. The highest BCUT2D eigenvalue weighted by atomic mass is 19.1. The number of rotatable bonds is 4. The minimum Gasteiger partial charge on any atom is -0.399 e. The molecule has 2 N–H and O–H groups in total. The number of hydrogen-bond acceptors (Lipinski definition) is 3. The third kappa shape index (κ3) is 3.04. The molecule has 0 aliphatic heterocycles. The average Bonchev–Trinajstić information content (AvgIpc) is 2.36. The Morgan fingerprint density at radius 2 is 1.85 bits per heavy atom. The van der Waals surface area contributed by atoms with E-state index >= 15 is 0 Å². The van der Waals surface area contributed by atoms with E-state index in [1.165, 1.54) is 0 Å². The van der Waals surface area contributed by atoms with Crippen molar-refractivity contribution < 1.29 is 8.78 Å². The molecule has 2 rings (SSSR count). The molecule has 0 spiro atoms. The zero-order valence-corrected chi connectivity index (χ0v) is 11.5. The molecule has 0 fully saturated rings. The van der Waals surface area contributed by atoms with Crippen molar-refractivity contribution in [3.8, 4) is 0 Å². The van der Waals surface area contributed by atoms with Gasteiger partial charge in [0.05, 0.1) is 12.2 Å². The normalized spacial score (nSPS) is 10.6. The summed E-state index contributed by atoms with van der Waals surface area (Å²) in [5, 5.41) is 0. The Morgan fingerprint density at radius 3 is 2.40 bits per heavy atom. The molecule has 0 bridgehead atoms. The monoisotopic (exact) mass is 277 g/mol. The van der Waals surface area contributed by atoms with Crippen molar-refractivity contribution in [1.29, 1.82) is 0 Å². The summed E-state index contributed by atoms with van der Waals surface area (Å²) in [7, 11) is 0. The first-order valence-corrected chi connectivity index (χ1v) is 6.43. The zero-order valence-electron chi connectivity index (χ0n) is 11.5. The van der Waals surface area contributed by atoms with Crippen LogP contribution in [-0.2, 0) is 6.54 Å². The first-order valence-electron chi connectivity index (χ1n) is 6.43. The largest absolute Gasteiger partial charge is 0.399 e. The van der Waals surface area contributed by atoms with Crippen LogP contribution in [0.5, 0.6) is 0 Å². The Labute approximate surface area is 117 Å². The molecular formula is C15H17F2N3. The maximum absolute atomic E-state index is 13.9. The van der Waals surface area contributed by atoms with E-state index in [2.05, 4.69) is 4.98 Å². The summed E-state index contributed by atoms with van der Waals surface area (Å²) in [6, 6.07) is 7.85. The van der Waals surface area contributed by atoms with Gasteiger partial charge in [-0.3, -0.25) is 4.98 Å². The Bertz CT molecular complexity index is 591. The molecule has 5 heteroatoms. The van der Waals surface area contributed by atoms with Crippen LogP contribution in [0, 0.1) is 18.6 Å². The van der Waals surface area contributed by atoms with Gasteiger partial charge >= 0.3 is 0 Å². The molecule has 0 unspecified atom stereocenters. The van der Waals surface area contributed by atoms with Crippen LogP contribution in [0.4, 0.5) is 20.2 Å². The number of aromatic nitrogens is 1. The third-order valence-electron chi connectivity index (χ3n) is 3.04. The average molecular weight is 277 g/mol. The van der Waals surface area contributed by atoms with E-state index in [1.807, 2.05) is 32.0 Å². The van der Waals surface area contributed by atoms with Gasteiger partial charge in [0.25, 0.3) is 0 Å². The van der Waals surface area contributed by atoms with E-state index in [1.54, 1.807) is 4.90 Å². The van der Waals surface area contributed by atoms with Gasteiger partial charge in [0.1, 0.15) is 5.69 Å². The number of nitrogens with two attached hydrogens (primary N) is 1. The summed E-state index contributed by atoms with van der Waals surface area (Å²) < 4.78 is 27.9. The van der Waals surface area contributed by atoms with E-state index in [-0.39, 0.29) is 11.4 Å². The topological polar surface area (TPSA) is 42.2 Å². The van der Waals surface area contributed by atoms with Crippen molar-refractivity contribution in [3.63, 3.8) is 0 Å². The van der Waals surface area contributed by atoms with Crippen molar-refractivity contribution in [2.45, 2.75) is 20.4 Å². The lowest BCUT2D eigenvalue weighted by molar-refractivity contribution is 0.571. The van der Waals surface area contributed by atoms with Crippen molar-refractivity contribution in [2.24, 2.45) is 0 Å². The highest BCUT2D eigenvalue weighted by Gasteiger charge is 2.17. The van der Waals surface area contributed by atoms with E-state index in [4.69, 9.17) is 5.73 Å². The van der Waals surface area contributed by atoms with Gasteiger partial charge < -0.3 is 10.6 Å². The first-order chi connectivity index (χ1) is 9.51. The Hall–Kier alpha value is -2.17. The van der Waals surface area contributed by atoms with Gasteiger partial charge in [0.15, 0.2) is 11.6 Å². The maximum atomic E-state index is 13.9. The fourth-order valence-corrected chi connectivity index (χ4v) is 2.12. The van der Waals surface area contributed by atoms with E-state index in [9.17, 15) is 8.78 Å². The van der Waals surface area contributed by atoms with Gasteiger partial charge in [-0.25, -0.2) is 8.78 Å². The van der Waals surface area contributed by atoms with Crippen LogP contribution in [0.1, 0.15) is 18.3 Å². The quantitative estimate of drug-likeness (QED) is 0.872. The standard InChI is InChI=1S/C15H17F2N3/c1-3-20(9-12-6-4-5-10(2)19-12)15-13(16)7-11(18)8-14(15)17/h4-8H,3,9,18H2,1-2H3. The highest BCUT2D eigenvalue weighted by molar-refractivity contribution is 5.55. The molecule has 20 heavy (non-hydrogen) atoms. The van der Waals surface area contributed by atoms with Crippen LogP contribution < -0.4 is 10.6 Å². The predicted octanol–water partition coefficient (Wildman–Crippen LogP) is 3.28. The molecule has 0 saturated carbocycles. The third-order valence-corrected chi connectivity index (χ3v) is 3.04. The second kappa shape index (κ2) is 5.86. The molecule has 0 radical (unpaired) electrons. The van der Waals surface area contributed by atoms with Gasteiger partial charge in [0.2, 0.25) is 0 Å². The van der Waals surface area contributed by atoms with E-state index in [0.717, 1.165) is 23.5 Å². The van der Waals surface area contributed by atoms with Crippen molar-refractivity contribution >= 4 is 11.4 Å². The zero-order chi connectivity index (χ0) is 14.7. The van der Waals surface area contributed by atoms with Crippen LogP contribution in [0.25, 0.3) is 0 Å². The lowest BCUT2D eigenvalue weighted by Crippen LogP contribution is -2.25. The van der Waals surface area contributed by atoms with Crippen molar-refractivity contribution in [3.05, 3.63) is 53.4 Å². The summed E-state index contributed by atoms with van der Waals surface area (Å²) in [6.45, 7) is 4.53. The number of nitrogens with zero attached hydrogens (tertiary/aromatic N) is 2. The Kier molecular flexibility index (Phi) is 4.17. The summed E-state index contributed by atoms with van der Waals surface area (Å²) in [4.78, 5) is 5.96. The van der Waals surface area contributed by atoms with Crippen LogP contribution in [0.2, 0.25) is 0 Å². The second-order valence-corrected chi connectivity index (χ2v) is 4.62. The summed E-state index contributed by atoms with van der Waals surface area (Å²) in [5.41, 5.74) is 7.08. The summed E-state index contributed by atoms with van der Waals surface area (Å²) in [6.07, 6.45) is 0. The molecule has 1 aromatic heterocycles. The van der Waals surface area contributed by atoms with Crippen molar-refractivity contribution in [1.82, 2.24) is 4.98 Å². The van der Waals surface area contributed by atoms with Gasteiger partial charge in [0, 0.05) is 17.9 Å². The fraction of sp³-hybridized carbons (Fsp3) is 0.267. The molecule has 2 aromatic rings. The number of halogens is 2. The Balaban J connectivity index is 2.34. The molecule has 0 aliphatic carbocycles. The molecule has 1 heterocycles. The van der Waals surface area contributed by atoms with Gasteiger partial charge in [-0.1, -0.05) is 6.07 Å². The number of hydrogen-bond donors (Lipinski definition) is 1. The van der Waals surface area contributed by atoms with E-state index < -0.39 is 11.6 Å². The summed E-state index contributed by atoms with van der Waals surface area (Å²) in [5.74, 6) is -1.31. The summed E-state index contributed by atoms with van der Waals surface area (Å²) >= 11 is 0. The molecule has 0 atom stereocenters. The Morgan fingerprint density at radius 1 is 1.20 bits per heavy atom. The first kappa shape index (κ1) is 14.2. The molecule has 3 nitrogen and oxygen atoms in total. The SMILES string of the molecule is CCN(Cc1cccc(C)n1)c1c(F)cc(N)cc1F. The molecule has 0 aliphatic rings. The maximum Gasteiger partial charge on any atom is 0.151 e. The number of anilines is 2. The molecule has 0 amide bonds. The predicted molar refractivity (Wildman–Crippen MR) is 76.5 cm³/mol. The van der Waals surface area contributed by atoms with Gasteiger partial charge in [-0.15, -0.1) is 0 Å².